The number of aliphatic hydroxyl groups is 1. The zero-order valence-electron chi connectivity index (χ0n) is 9.83. The van der Waals surface area contributed by atoms with Crippen molar-refractivity contribution in [2.45, 2.75) is 6.92 Å². The summed E-state index contributed by atoms with van der Waals surface area (Å²) in [6, 6.07) is 3.86. The van der Waals surface area contributed by atoms with Crippen LogP contribution in [0.5, 0.6) is 0 Å². The molecule has 1 aliphatic rings. The third-order valence-corrected chi connectivity index (χ3v) is 2.88. The van der Waals surface area contributed by atoms with Crippen molar-refractivity contribution in [1.82, 2.24) is 15.1 Å². The maximum absolute atomic E-state index is 11.3. The van der Waals surface area contributed by atoms with Crippen LogP contribution in [-0.4, -0.2) is 58.9 Å². The lowest BCUT2D eigenvalue weighted by molar-refractivity contribution is -0.134. The maximum Gasteiger partial charge on any atom is 0.248 e. The van der Waals surface area contributed by atoms with E-state index >= 15 is 0 Å². The second kappa shape index (κ2) is 5.09. The van der Waals surface area contributed by atoms with Gasteiger partial charge in [0.1, 0.15) is 6.61 Å². The molecular weight excluding hydrogens is 220 g/mol. The molecule has 17 heavy (non-hydrogen) atoms. The second-order valence-corrected chi connectivity index (χ2v) is 4.06. The topological polar surface area (TPSA) is 69.6 Å². The third kappa shape index (κ3) is 2.71. The van der Waals surface area contributed by atoms with Gasteiger partial charge in [0.25, 0.3) is 0 Å². The van der Waals surface area contributed by atoms with Crippen LogP contribution in [0.25, 0.3) is 0 Å². The van der Waals surface area contributed by atoms with E-state index in [1.165, 1.54) is 0 Å². The van der Waals surface area contributed by atoms with Crippen LogP contribution in [0.3, 0.4) is 0 Å². The Kier molecular flexibility index (Phi) is 3.53. The van der Waals surface area contributed by atoms with Gasteiger partial charge in [0.05, 0.1) is 5.69 Å². The van der Waals surface area contributed by atoms with E-state index < -0.39 is 6.61 Å². The number of hydrogen-bond donors (Lipinski definition) is 1. The molecule has 1 aliphatic heterocycles. The lowest BCUT2D eigenvalue weighted by atomic mass is 10.3. The number of aryl methyl sites for hydroxylation is 1. The fourth-order valence-corrected chi connectivity index (χ4v) is 1.85. The van der Waals surface area contributed by atoms with Crippen molar-refractivity contribution in [3.63, 3.8) is 0 Å². The molecule has 0 aliphatic carbocycles. The summed E-state index contributed by atoms with van der Waals surface area (Å²) < 4.78 is 0. The zero-order valence-corrected chi connectivity index (χ0v) is 9.83. The number of piperazine rings is 1. The SMILES string of the molecule is Cc1ccc(N2CCN(C(=O)CO)CC2)nn1. The Labute approximate surface area is 99.9 Å². The molecule has 1 N–H and O–H groups in total. The number of aliphatic hydroxyl groups excluding tert-OH is 1. The van der Waals surface area contributed by atoms with Gasteiger partial charge in [-0.2, -0.15) is 5.10 Å². The molecular formula is C11H16N4O2. The summed E-state index contributed by atoms with van der Waals surface area (Å²) in [5.74, 6) is 0.631. The fourth-order valence-electron chi connectivity index (χ4n) is 1.85. The van der Waals surface area contributed by atoms with E-state index in [0.29, 0.717) is 13.1 Å². The van der Waals surface area contributed by atoms with Crippen LogP contribution in [0.4, 0.5) is 5.82 Å². The minimum Gasteiger partial charge on any atom is -0.387 e. The number of anilines is 1. The molecule has 1 amide bonds. The first-order valence-electron chi connectivity index (χ1n) is 5.64. The average molecular weight is 236 g/mol. The van der Waals surface area contributed by atoms with Gasteiger partial charge in [0, 0.05) is 26.2 Å². The normalized spacial score (nSPS) is 16.1. The van der Waals surface area contributed by atoms with E-state index in [0.717, 1.165) is 24.6 Å². The van der Waals surface area contributed by atoms with Gasteiger partial charge >= 0.3 is 0 Å². The average Bonchev–Trinajstić information content (AvgIpc) is 2.39. The van der Waals surface area contributed by atoms with E-state index in [1.54, 1.807) is 4.90 Å². The molecule has 0 saturated carbocycles. The Hall–Kier alpha value is -1.69. The van der Waals surface area contributed by atoms with Crippen LogP contribution in [0.1, 0.15) is 5.69 Å². The summed E-state index contributed by atoms with van der Waals surface area (Å²) in [6.45, 7) is 4.18. The van der Waals surface area contributed by atoms with Crippen molar-refractivity contribution in [3.8, 4) is 0 Å². The molecule has 1 fully saturated rings. The van der Waals surface area contributed by atoms with E-state index in [4.69, 9.17) is 5.11 Å². The van der Waals surface area contributed by atoms with Crippen molar-refractivity contribution in [1.29, 1.82) is 0 Å². The Morgan fingerprint density at radius 3 is 2.53 bits per heavy atom. The van der Waals surface area contributed by atoms with Crippen LogP contribution in [0.2, 0.25) is 0 Å². The van der Waals surface area contributed by atoms with E-state index in [1.807, 2.05) is 19.1 Å². The molecule has 2 heterocycles. The molecule has 0 spiro atoms. The summed E-state index contributed by atoms with van der Waals surface area (Å²) in [7, 11) is 0. The second-order valence-electron chi connectivity index (χ2n) is 4.06. The maximum atomic E-state index is 11.3. The highest BCUT2D eigenvalue weighted by molar-refractivity contribution is 5.77. The zero-order chi connectivity index (χ0) is 12.3. The highest BCUT2D eigenvalue weighted by atomic mass is 16.3. The van der Waals surface area contributed by atoms with Gasteiger partial charge in [-0.05, 0) is 19.1 Å². The quantitative estimate of drug-likeness (QED) is 0.744. The van der Waals surface area contributed by atoms with Crippen LogP contribution in [0.15, 0.2) is 12.1 Å². The first-order chi connectivity index (χ1) is 8.20. The van der Waals surface area contributed by atoms with Crippen molar-refractivity contribution in [2.24, 2.45) is 0 Å². The molecule has 0 radical (unpaired) electrons. The summed E-state index contributed by atoms with van der Waals surface area (Å²) in [4.78, 5) is 15.0. The fraction of sp³-hybridized carbons (Fsp3) is 0.545. The Bertz CT molecular complexity index is 385. The molecule has 0 bridgehead atoms. The first-order valence-corrected chi connectivity index (χ1v) is 5.64. The number of nitrogens with zero attached hydrogens (tertiary/aromatic N) is 4. The molecule has 0 unspecified atom stereocenters. The number of hydrogen-bond acceptors (Lipinski definition) is 5. The smallest absolute Gasteiger partial charge is 0.248 e. The van der Waals surface area contributed by atoms with Gasteiger partial charge in [-0.3, -0.25) is 4.79 Å². The monoisotopic (exact) mass is 236 g/mol. The number of carbonyl (C=O) groups excluding carboxylic acids is 1. The minimum atomic E-state index is -0.412. The molecule has 6 nitrogen and oxygen atoms in total. The molecule has 2 rings (SSSR count). The number of rotatable bonds is 2. The van der Waals surface area contributed by atoms with Gasteiger partial charge in [-0.1, -0.05) is 0 Å². The molecule has 0 aromatic carbocycles. The summed E-state index contributed by atoms with van der Waals surface area (Å²) in [5, 5.41) is 16.9. The van der Waals surface area contributed by atoms with Gasteiger partial charge in [-0.25, -0.2) is 0 Å². The summed E-state index contributed by atoms with van der Waals surface area (Å²) in [6.07, 6.45) is 0. The number of carbonyl (C=O) groups is 1. The molecule has 6 heteroatoms. The Balaban J connectivity index is 1.95. The lowest BCUT2D eigenvalue weighted by Crippen LogP contribution is -2.49. The van der Waals surface area contributed by atoms with Crippen LogP contribution in [0, 0.1) is 6.92 Å². The largest absolute Gasteiger partial charge is 0.387 e. The Morgan fingerprint density at radius 1 is 1.29 bits per heavy atom. The Morgan fingerprint density at radius 2 is 2.00 bits per heavy atom. The summed E-state index contributed by atoms with van der Waals surface area (Å²) in [5.41, 5.74) is 0.892. The van der Waals surface area contributed by atoms with Crippen molar-refractivity contribution >= 4 is 11.7 Å². The van der Waals surface area contributed by atoms with Crippen LogP contribution < -0.4 is 4.90 Å². The molecule has 1 aromatic heterocycles. The van der Waals surface area contributed by atoms with E-state index in [2.05, 4.69) is 15.1 Å². The van der Waals surface area contributed by atoms with Gasteiger partial charge < -0.3 is 14.9 Å². The van der Waals surface area contributed by atoms with Gasteiger partial charge in [-0.15, -0.1) is 5.10 Å². The first kappa shape index (κ1) is 11.8. The number of amides is 1. The van der Waals surface area contributed by atoms with Gasteiger partial charge in [0.15, 0.2) is 5.82 Å². The van der Waals surface area contributed by atoms with Crippen molar-refractivity contribution < 1.29 is 9.90 Å². The highest BCUT2D eigenvalue weighted by Gasteiger charge is 2.21. The minimum absolute atomic E-state index is 0.209. The standard InChI is InChI=1S/C11H16N4O2/c1-9-2-3-10(13-12-9)14-4-6-15(7-5-14)11(17)8-16/h2-3,16H,4-8H2,1H3. The lowest BCUT2D eigenvalue weighted by Gasteiger charge is -2.34. The predicted octanol–water partition coefficient (Wildman–Crippen LogP) is -0.574. The predicted molar refractivity (Wildman–Crippen MR) is 62.6 cm³/mol. The number of aromatic nitrogens is 2. The third-order valence-electron chi connectivity index (χ3n) is 2.88. The van der Waals surface area contributed by atoms with Crippen molar-refractivity contribution in [3.05, 3.63) is 17.8 Å². The summed E-state index contributed by atoms with van der Waals surface area (Å²) >= 11 is 0. The van der Waals surface area contributed by atoms with Crippen molar-refractivity contribution in [2.75, 3.05) is 37.7 Å². The molecule has 1 aromatic rings. The molecule has 0 atom stereocenters. The van der Waals surface area contributed by atoms with E-state index in [9.17, 15) is 4.79 Å². The van der Waals surface area contributed by atoms with Gasteiger partial charge in [0.2, 0.25) is 5.91 Å². The van der Waals surface area contributed by atoms with Crippen LogP contribution >= 0.6 is 0 Å². The van der Waals surface area contributed by atoms with E-state index in [-0.39, 0.29) is 5.91 Å². The molecule has 92 valence electrons. The van der Waals surface area contributed by atoms with Crippen LogP contribution in [-0.2, 0) is 4.79 Å². The highest BCUT2D eigenvalue weighted by Crippen LogP contribution is 2.12. The molecule has 1 saturated heterocycles.